The second kappa shape index (κ2) is 8.36. The lowest BCUT2D eigenvalue weighted by Crippen LogP contribution is -2.31. The normalized spacial score (nSPS) is 17.4. The molecule has 1 heterocycles. The topological polar surface area (TPSA) is 41.6 Å². The molecule has 0 aliphatic carbocycles. The third-order valence-corrected chi connectivity index (χ3v) is 4.89. The average molecular weight is 414 g/mol. The van der Waals surface area contributed by atoms with Crippen LogP contribution in [0.4, 0.5) is 32.4 Å². The zero-order valence-electron chi connectivity index (χ0n) is 15.5. The van der Waals surface area contributed by atoms with E-state index in [1.54, 1.807) is 0 Å². The molecule has 3 rings (SSSR count). The molecule has 0 aromatic heterocycles. The van der Waals surface area contributed by atoms with E-state index in [1.165, 1.54) is 0 Å². The van der Waals surface area contributed by atoms with Crippen molar-refractivity contribution < 1.29 is 31.5 Å². The van der Waals surface area contributed by atoms with Crippen LogP contribution in [0.3, 0.4) is 0 Å². The van der Waals surface area contributed by atoms with Gasteiger partial charge in [-0.1, -0.05) is 12.1 Å². The van der Waals surface area contributed by atoms with Crippen molar-refractivity contribution in [3.8, 4) is 11.1 Å². The van der Waals surface area contributed by atoms with Crippen LogP contribution in [-0.4, -0.2) is 37.2 Å². The molecule has 0 spiro atoms. The molecule has 1 atom stereocenters. The van der Waals surface area contributed by atoms with E-state index in [0.29, 0.717) is 6.07 Å². The van der Waals surface area contributed by atoms with Gasteiger partial charge in [-0.05, 0) is 50.7 Å². The molecular weight excluding hydrogens is 395 g/mol. The molecule has 1 fully saturated rings. The fourth-order valence-corrected chi connectivity index (χ4v) is 3.31. The third-order valence-electron chi connectivity index (χ3n) is 4.89. The van der Waals surface area contributed by atoms with E-state index >= 15 is 0 Å². The quantitative estimate of drug-likeness (QED) is 0.691. The first-order valence-corrected chi connectivity index (χ1v) is 8.96. The summed E-state index contributed by atoms with van der Waals surface area (Å²) in [7, 11) is 1.91. The van der Waals surface area contributed by atoms with Crippen LogP contribution in [-0.2, 0) is 10.9 Å². The van der Waals surface area contributed by atoms with Crippen LogP contribution >= 0.6 is 0 Å². The van der Waals surface area contributed by atoms with E-state index in [0.717, 1.165) is 49.7 Å². The molecule has 0 radical (unpaired) electrons. The van der Waals surface area contributed by atoms with Gasteiger partial charge >= 0.3 is 12.3 Å². The van der Waals surface area contributed by atoms with Crippen LogP contribution < -0.4 is 5.32 Å². The van der Waals surface area contributed by atoms with Gasteiger partial charge in [0.05, 0.1) is 11.3 Å². The van der Waals surface area contributed by atoms with Crippen molar-refractivity contribution in [1.29, 1.82) is 0 Å². The van der Waals surface area contributed by atoms with Crippen molar-refractivity contribution in [2.24, 2.45) is 0 Å². The molecule has 1 aliphatic rings. The molecule has 2 aromatic rings. The van der Waals surface area contributed by atoms with Gasteiger partial charge in [0.25, 0.3) is 0 Å². The first-order valence-electron chi connectivity index (χ1n) is 8.96. The Morgan fingerprint density at radius 2 is 1.97 bits per heavy atom. The number of likely N-dealkylation sites (tertiary alicyclic amines) is 1. The summed E-state index contributed by atoms with van der Waals surface area (Å²) in [5.74, 6) is -2.34. The second-order valence-electron chi connectivity index (χ2n) is 6.85. The summed E-state index contributed by atoms with van der Waals surface area (Å²) in [6.45, 7) is 1.03. The maximum atomic E-state index is 14.5. The minimum atomic E-state index is -4.91. The summed E-state index contributed by atoms with van der Waals surface area (Å²) >= 11 is 0. The monoisotopic (exact) mass is 414 g/mol. The highest BCUT2D eigenvalue weighted by molar-refractivity contribution is 5.91. The maximum absolute atomic E-state index is 14.5. The van der Waals surface area contributed by atoms with E-state index in [9.17, 15) is 26.7 Å². The Kier molecular flexibility index (Phi) is 6.07. The van der Waals surface area contributed by atoms with Gasteiger partial charge in [-0.25, -0.2) is 13.6 Å². The molecule has 9 heteroatoms. The van der Waals surface area contributed by atoms with Crippen LogP contribution in [0.15, 0.2) is 36.4 Å². The predicted octanol–water partition coefficient (Wildman–Crippen LogP) is 5.29. The highest BCUT2D eigenvalue weighted by Gasteiger charge is 2.35. The largest absolute Gasteiger partial charge is 0.448 e. The smallest absolute Gasteiger partial charge is 0.419 e. The fourth-order valence-electron chi connectivity index (χ4n) is 3.31. The molecular formula is C20H19F5N2O2. The molecule has 0 saturated carbocycles. The number of amides is 1. The minimum absolute atomic E-state index is 0.0607. The molecule has 1 saturated heterocycles. The molecule has 0 bridgehead atoms. The molecule has 29 heavy (non-hydrogen) atoms. The summed E-state index contributed by atoms with van der Waals surface area (Å²) in [5.41, 5.74) is -2.24. The van der Waals surface area contributed by atoms with E-state index in [4.69, 9.17) is 4.74 Å². The van der Waals surface area contributed by atoms with Gasteiger partial charge < -0.3 is 9.64 Å². The molecule has 156 valence electrons. The third kappa shape index (κ3) is 4.84. The zero-order chi connectivity index (χ0) is 21.2. The van der Waals surface area contributed by atoms with Crippen LogP contribution in [0.5, 0.6) is 0 Å². The van der Waals surface area contributed by atoms with Gasteiger partial charge in [0.2, 0.25) is 0 Å². The summed E-state index contributed by atoms with van der Waals surface area (Å²) in [4.78, 5) is 14.2. The number of carbonyl (C=O) groups is 1. The van der Waals surface area contributed by atoms with Crippen molar-refractivity contribution in [3.05, 3.63) is 53.6 Å². The molecule has 1 amide bonds. The molecule has 1 aliphatic heterocycles. The number of likely N-dealkylation sites (N-methyl/N-ethyl adjacent to an activating group) is 1. The number of nitrogens with one attached hydrogen (secondary N) is 1. The van der Waals surface area contributed by atoms with Gasteiger partial charge in [-0.3, -0.25) is 5.32 Å². The second-order valence-corrected chi connectivity index (χ2v) is 6.85. The van der Waals surface area contributed by atoms with Gasteiger partial charge in [-0.2, -0.15) is 13.2 Å². The SMILES string of the molecule is CN1CCC[C@H]1COC(=O)Nc1ccc(F)cc1-c1cccc(C(F)(F)F)c1F. The van der Waals surface area contributed by atoms with Gasteiger partial charge in [0, 0.05) is 17.2 Å². The number of benzene rings is 2. The van der Waals surface area contributed by atoms with Crippen LogP contribution in [0.2, 0.25) is 0 Å². The van der Waals surface area contributed by atoms with Crippen molar-refractivity contribution in [2.45, 2.75) is 25.1 Å². The highest BCUT2D eigenvalue weighted by Crippen LogP contribution is 2.38. The van der Waals surface area contributed by atoms with Crippen LogP contribution in [0.1, 0.15) is 18.4 Å². The minimum Gasteiger partial charge on any atom is -0.448 e. The Hall–Kier alpha value is -2.68. The molecule has 0 unspecified atom stereocenters. The molecule has 2 aromatic carbocycles. The highest BCUT2D eigenvalue weighted by atomic mass is 19.4. The number of halogens is 5. The van der Waals surface area contributed by atoms with E-state index in [1.807, 2.05) is 7.05 Å². The zero-order valence-corrected chi connectivity index (χ0v) is 15.5. The van der Waals surface area contributed by atoms with Gasteiger partial charge in [0.15, 0.2) is 0 Å². The number of ether oxygens (including phenoxy) is 1. The lowest BCUT2D eigenvalue weighted by atomic mass is 10.00. The van der Waals surface area contributed by atoms with Gasteiger partial charge in [0.1, 0.15) is 18.2 Å². The Labute approximate surface area is 164 Å². The Bertz CT molecular complexity index is 901. The van der Waals surface area contributed by atoms with Crippen LogP contribution in [0.25, 0.3) is 11.1 Å². The number of rotatable bonds is 4. The summed E-state index contributed by atoms with van der Waals surface area (Å²) < 4.78 is 72.4. The maximum Gasteiger partial charge on any atom is 0.419 e. The first kappa shape index (κ1) is 21.0. The standard InChI is InChI=1S/C20H19F5N2O2/c1-27-9-3-4-13(27)11-29-19(28)26-17-8-7-12(21)10-15(17)14-5-2-6-16(18(14)22)20(23,24)25/h2,5-8,10,13H,3-4,9,11H2,1H3,(H,26,28)/t13-/m0/s1. The Morgan fingerprint density at radius 1 is 1.21 bits per heavy atom. The number of hydrogen-bond donors (Lipinski definition) is 1. The van der Waals surface area contributed by atoms with Crippen LogP contribution in [0, 0.1) is 11.6 Å². The van der Waals surface area contributed by atoms with Gasteiger partial charge in [-0.15, -0.1) is 0 Å². The number of nitrogens with zero attached hydrogens (tertiary/aromatic N) is 1. The van der Waals surface area contributed by atoms with Crippen molar-refractivity contribution in [3.63, 3.8) is 0 Å². The summed E-state index contributed by atoms with van der Waals surface area (Å²) in [6, 6.07) is 5.79. The van der Waals surface area contributed by atoms with E-state index in [2.05, 4.69) is 10.2 Å². The molecule has 4 nitrogen and oxygen atoms in total. The molecule has 1 N–H and O–H groups in total. The average Bonchev–Trinajstić information content (AvgIpc) is 3.06. The van der Waals surface area contributed by atoms with Crippen molar-refractivity contribution in [1.82, 2.24) is 4.90 Å². The number of carbonyl (C=O) groups excluding carboxylic acids is 1. The fraction of sp³-hybridized carbons (Fsp3) is 0.350. The van der Waals surface area contributed by atoms with Crippen molar-refractivity contribution in [2.75, 3.05) is 25.5 Å². The Balaban J connectivity index is 1.84. The summed E-state index contributed by atoms with van der Waals surface area (Å²) in [5, 5.41) is 2.37. The lowest BCUT2D eigenvalue weighted by Gasteiger charge is -2.19. The van der Waals surface area contributed by atoms with E-state index < -0.39 is 35.0 Å². The number of anilines is 1. The Morgan fingerprint density at radius 3 is 2.62 bits per heavy atom. The predicted molar refractivity (Wildman–Crippen MR) is 97.4 cm³/mol. The first-order chi connectivity index (χ1) is 13.7. The number of alkyl halides is 3. The summed E-state index contributed by atoms with van der Waals surface area (Å²) in [6.07, 6.45) is -3.90. The van der Waals surface area contributed by atoms with Crippen molar-refractivity contribution >= 4 is 11.8 Å². The van der Waals surface area contributed by atoms with E-state index in [-0.39, 0.29) is 23.9 Å². The number of hydrogen-bond acceptors (Lipinski definition) is 3. The lowest BCUT2D eigenvalue weighted by molar-refractivity contribution is -0.139.